The van der Waals surface area contributed by atoms with Crippen molar-refractivity contribution in [3.8, 4) is 5.75 Å². The molecule has 1 saturated heterocycles. The molecule has 0 spiro atoms. The van der Waals surface area contributed by atoms with Crippen LogP contribution < -0.4 is 25.6 Å². The topological polar surface area (TPSA) is 108 Å². The zero-order chi connectivity index (χ0) is 25.7. The lowest BCUT2D eigenvalue weighted by molar-refractivity contribution is -0.111. The van der Waals surface area contributed by atoms with Gasteiger partial charge in [-0.25, -0.2) is 9.97 Å². The van der Waals surface area contributed by atoms with Crippen LogP contribution in [-0.2, 0) is 4.79 Å². The van der Waals surface area contributed by atoms with E-state index in [1.807, 2.05) is 36.4 Å². The third-order valence-electron chi connectivity index (χ3n) is 5.89. The summed E-state index contributed by atoms with van der Waals surface area (Å²) >= 11 is 3.46. The van der Waals surface area contributed by atoms with Crippen LogP contribution in [0.25, 0.3) is 0 Å². The van der Waals surface area contributed by atoms with E-state index in [4.69, 9.17) is 4.74 Å². The molecule has 4 rings (SSSR count). The summed E-state index contributed by atoms with van der Waals surface area (Å²) in [7, 11) is 5.76. The van der Waals surface area contributed by atoms with Crippen LogP contribution in [0.2, 0.25) is 0 Å². The lowest BCUT2D eigenvalue weighted by Crippen LogP contribution is -2.31. The predicted octanol–water partition coefficient (Wildman–Crippen LogP) is 4.39. The van der Waals surface area contributed by atoms with E-state index in [9.17, 15) is 4.79 Å². The Morgan fingerprint density at radius 3 is 2.64 bits per heavy atom. The van der Waals surface area contributed by atoms with E-state index in [-0.39, 0.29) is 5.91 Å². The standard InChI is InChI=1S/C25H29BrN8O2/c1-5-23(35)30-19-12-20(22(36-4)13-21(19)34-10-9-18(14-34)33(2)3)31-25-28-15-27-24(32-25)29-17-8-6-7-16(26)11-17/h5-8,11-13,15,18H,1,9-10,14H2,2-4H3,(H,30,35)(H2,27,28,29,31,32). The number of anilines is 6. The molecule has 1 unspecified atom stereocenters. The van der Waals surface area contributed by atoms with Crippen LogP contribution in [0.4, 0.5) is 34.6 Å². The van der Waals surface area contributed by atoms with E-state index in [0.29, 0.717) is 35.1 Å². The van der Waals surface area contributed by atoms with Crippen LogP contribution in [0.1, 0.15) is 6.42 Å². The SMILES string of the molecule is C=CC(=O)Nc1cc(Nc2ncnc(Nc3cccc(Br)c3)n2)c(OC)cc1N1CCC(N(C)C)C1. The Morgan fingerprint density at radius 2 is 1.97 bits per heavy atom. The molecule has 188 valence electrons. The van der Waals surface area contributed by atoms with Gasteiger partial charge in [0.2, 0.25) is 17.8 Å². The molecule has 1 amide bonds. The van der Waals surface area contributed by atoms with Gasteiger partial charge in [0.15, 0.2) is 0 Å². The Hall–Kier alpha value is -3.70. The van der Waals surface area contributed by atoms with Crippen molar-refractivity contribution in [3.63, 3.8) is 0 Å². The highest BCUT2D eigenvalue weighted by Gasteiger charge is 2.27. The number of nitrogens with zero attached hydrogens (tertiary/aromatic N) is 5. The van der Waals surface area contributed by atoms with Crippen molar-refractivity contribution in [3.05, 3.63) is 59.9 Å². The molecule has 1 atom stereocenters. The van der Waals surface area contributed by atoms with Gasteiger partial charge in [-0.2, -0.15) is 4.98 Å². The Balaban J connectivity index is 1.63. The first-order valence-electron chi connectivity index (χ1n) is 11.4. The predicted molar refractivity (Wildman–Crippen MR) is 147 cm³/mol. The van der Waals surface area contributed by atoms with Crippen molar-refractivity contribution < 1.29 is 9.53 Å². The van der Waals surface area contributed by atoms with Gasteiger partial charge in [0.1, 0.15) is 12.1 Å². The van der Waals surface area contributed by atoms with E-state index in [2.05, 4.69) is 77.3 Å². The van der Waals surface area contributed by atoms with Crippen molar-refractivity contribution in [1.82, 2.24) is 19.9 Å². The number of methoxy groups -OCH3 is 1. The second-order valence-electron chi connectivity index (χ2n) is 8.51. The lowest BCUT2D eigenvalue weighted by atomic mass is 10.2. The number of nitrogens with one attached hydrogen (secondary N) is 3. The molecular weight excluding hydrogens is 524 g/mol. The van der Waals surface area contributed by atoms with Crippen LogP contribution in [0.3, 0.4) is 0 Å². The Bertz CT molecular complexity index is 1250. The molecule has 10 nitrogen and oxygen atoms in total. The van der Waals surface area contributed by atoms with Gasteiger partial charge in [-0.3, -0.25) is 4.79 Å². The Labute approximate surface area is 218 Å². The number of aromatic nitrogens is 3. The molecule has 1 aliphatic rings. The minimum Gasteiger partial charge on any atom is -0.494 e. The first kappa shape index (κ1) is 25.4. The maximum Gasteiger partial charge on any atom is 0.247 e. The second-order valence-corrected chi connectivity index (χ2v) is 9.42. The Morgan fingerprint density at radius 1 is 1.19 bits per heavy atom. The lowest BCUT2D eigenvalue weighted by Gasteiger charge is -2.25. The zero-order valence-electron chi connectivity index (χ0n) is 20.5. The number of carbonyl (C=O) groups is 1. The molecule has 3 aromatic rings. The smallest absolute Gasteiger partial charge is 0.247 e. The average Bonchev–Trinajstić information content (AvgIpc) is 3.35. The monoisotopic (exact) mass is 552 g/mol. The van der Waals surface area contributed by atoms with E-state index in [1.54, 1.807) is 7.11 Å². The number of rotatable bonds is 9. The number of carbonyl (C=O) groups excluding carboxylic acids is 1. The maximum absolute atomic E-state index is 12.2. The zero-order valence-corrected chi connectivity index (χ0v) is 22.0. The minimum atomic E-state index is -0.295. The fourth-order valence-electron chi connectivity index (χ4n) is 4.00. The molecule has 0 bridgehead atoms. The fraction of sp³-hybridized carbons (Fsp3) is 0.280. The van der Waals surface area contributed by atoms with Gasteiger partial charge >= 0.3 is 0 Å². The Kier molecular flexibility index (Phi) is 8.01. The van der Waals surface area contributed by atoms with E-state index < -0.39 is 0 Å². The number of ether oxygens (including phenoxy) is 1. The van der Waals surface area contributed by atoms with Gasteiger partial charge in [0.05, 0.1) is 24.2 Å². The number of halogens is 1. The summed E-state index contributed by atoms with van der Waals surface area (Å²) in [5, 5.41) is 9.29. The van der Waals surface area contributed by atoms with E-state index >= 15 is 0 Å². The highest BCUT2D eigenvalue weighted by Crippen LogP contribution is 2.39. The first-order valence-corrected chi connectivity index (χ1v) is 12.2. The molecule has 36 heavy (non-hydrogen) atoms. The van der Waals surface area contributed by atoms with Crippen molar-refractivity contribution in [2.24, 2.45) is 0 Å². The van der Waals surface area contributed by atoms with Crippen molar-refractivity contribution in [2.75, 3.05) is 55.1 Å². The summed E-state index contributed by atoms with van der Waals surface area (Å²) in [5.41, 5.74) is 2.96. The first-order chi connectivity index (χ1) is 17.4. The molecule has 3 N–H and O–H groups in total. The maximum atomic E-state index is 12.2. The van der Waals surface area contributed by atoms with Crippen molar-refractivity contribution in [1.29, 1.82) is 0 Å². The highest BCUT2D eigenvalue weighted by molar-refractivity contribution is 9.10. The average molecular weight is 553 g/mol. The largest absolute Gasteiger partial charge is 0.494 e. The van der Waals surface area contributed by atoms with Gasteiger partial charge in [0.25, 0.3) is 0 Å². The molecule has 2 heterocycles. The van der Waals surface area contributed by atoms with Gasteiger partial charge < -0.3 is 30.5 Å². The number of likely N-dealkylation sites (N-methyl/N-ethyl adjacent to an activating group) is 1. The molecule has 1 fully saturated rings. The van der Waals surface area contributed by atoms with Crippen LogP contribution in [0, 0.1) is 0 Å². The molecular formula is C25H29BrN8O2. The van der Waals surface area contributed by atoms with Crippen LogP contribution >= 0.6 is 15.9 Å². The summed E-state index contributed by atoms with van der Waals surface area (Å²) in [4.78, 5) is 29.6. The number of hydrogen-bond acceptors (Lipinski definition) is 9. The number of amides is 1. The summed E-state index contributed by atoms with van der Waals surface area (Å²) < 4.78 is 6.63. The van der Waals surface area contributed by atoms with Gasteiger partial charge in [-0.05, 0) is 50.9 Å². The summed E-state index contributed by atoms with van der Waals surface area (Å²) in [6.07, 6.45) is 3.70. The van der Waals surface area contributed by atoms with Gasteiger partial charge in [-0.15, -0.1) is 0 Å². The molecule has 2 aromatic carbocycles. The van der Waals surface area contributed by atoms with Gasteiger partial charge in [-0.1, -0.05) is 28.6 Å². The summed E-state index contributed by atoms with van der Waals surface area (Å²) in [6.45, 7) is 5.30. The molecule has 0 radical (unpaired) electrons. The second kappa shape index (κ2) is 11.4. The quantitative estimate of drug-likeness (QED) is 0.333. The van der Waals surface area contributed by atoms with Gasteiger partial charge in [0, 0.05) is 35.4 Å². The summed E-state index contributed by atoms with van der Waals surface area (Å²) in [5.74, 6) is 1.00. The van der Waals surface area contributed by atoms with E-state index in [0.717, 1.165) is 35.4 Å². The third kappa shape index (κ3) is 6.10. The third-order valence-corrected chi connectivity index (χ3v) is 6.39. The van der Waals surface area contributed by atoms with Crippen LogP contribution in [-0.4, -0.2) is 66.1 Å². The highest BCUT2D eigenvalue weighted by atomic mass is 79.9. The van der Waals surface area contributed by atoms with Crippen LogP contribution in [0.15, 0.2) is 59.9 Å². The fourth-order valence-corrected chi connectivity index (χ4v) is 4.40. The number of hydrogen-bond donors (Lipinski definition) is 3. The van der Waals surface area contributed by atoms with Crippen molar-refractivity contribution >= 4 is 56.5 Å². The molecule has 0 saturated carbocycles. The van der Waals surface area contributed by atoms with E-state index in [1.165, 1.54) is 12.4 Å². The number of benzene rings is 2. The molecule has 11 heteroatoms. The van der Waals surface area contributed by atoms with Crippen LogP contribution in [0.5, 0.6) is 5.75 Å². The molecule has 1 aromatic heterocycles. The molecule has 1 aliphatic heterocycles. The minimum absolute atomic E-state index is 0.295. The summed E-state index contributed by atoms with van der Waals surface area (Å²) in [6, 6.07) is 11.9. The molecule has 0 aliphatic carbocycles. The van der Waals surface area contributed by atoms with Crippen molar-refractivity contribution in [2.45, 2.75) is 12.5 Å². The normalized spacial score (nSPS) is 15.0.